The summed E-state index contributed by atoms with van der Waals surface area (Å²) in [7, 11) is -3.25. The van der Waals surface area contributed by atoms with E-state index in [0.717, 1.165) is 18.4 Å². The Morgan fingerprint density at radius 1 is 1.24 bits per heavy atom. The fourth-order valence-corrected chi connectivity index (χ4v) is 3.86. The lowest BCUT2D eigenvalue weighted by Gasteiger charge is -2.23. The van der Waals surface area contributed by atoms with Gasteiger partial charge in [-0.1, -0.05) is 0 Å². The van der Waals surface area contributed by atoms with E-state index in [4.69, 9.17) is 0 Å². The summed E-state index contributed by atoms with van der Waals surface area (Å²) in [5.74, 6) is 0. The lowest BCUT2D eigenvalue weighted by atomic mass is 10.1. The van der Waals surface area contributed by atoms with E-state index in [1.807, 2.05) is 12.1 Å². The van der Waals surface area contributed by atoms with Gasteiger partial charge in [0.2, 0.25) is 10.0 Å². The van der Waals surface area contributed by atoms with Gasteiger partial charge in [-0.2, -0.15) is 4.31 Å². The van der Waals surface area contributed by atoms with Gasteiger partial charge < -0.3 is 0 Å². The Kier molecular flexibility index (Phi) is 3.69. The summed E-state index contributed by atoms with van der Waals surface area (Å²) < 4.78 is 25.4. The highest BCUT2D eigenvalue weighted by molar-refractivity contribution is 7.88. The number of hydrogen-bond donors (Lipinski definition) is 0. The molecule has 1 saturated heterocycles. The Morgan fingerprint density at radius 2 is 2.05 bits per heavy atom. The van der Waals surface area contributed by atoms with Crippen molar-refractivity contribution in [3.63, 3.8) is 0 Å². The Morgan fingerprint density at radius 3 is 2.76 bits per heavy atom. The van der Waals surface area contributed by atoms with Crippen LogP contribution in [0.2, 0.25) is 0 Å². The van der Waals surface area contributed by atoms with Crippen molar-refractivity contribution in [1.29, 1.82) is 0 Å². The molecule has 3 rings (SSSR count). The Balaban J connectivity index is 2.08. The molecule has 3 heterocycles. The molecule has 1 atom stereocenters. The maximum absolute atomic E-state index is 11.9. The first-order chi connectivity index (χ1) is 10.1. The topological polar surface area (TPSA) is 76.1 Å². The number of pyridine rings is 1. The third kappa shape index (κ3) is 2.79. The molecule has 2 aromatic heterocycles. The molecule has 0 saturated carbocycles. The molecule has 6 nitrogen and oxygen atoms in total. The Labute approximate surface area is 123 Å². The van der Waals surface area contributed by atoms with E-state index < -0.39 is 10.0 Å². The van der Waals surface area contributed by atoms with E-state index in [0.29, 0.717) is 17.9 Å². The van der Waals surface area contributed by atoms with Crippen LogP contribution in [0.5, 0.6) is 0 Å². The van der Waals surface area contributed by atoms with Gasteiger partial charge in [0.15, 0.2) is 0 Å². The van der Waals surface area contributed by atoms with Gasteiger partial charge in [-0.15, -0.1) is 0 Å². The zero-order valence-corrected chi connectivity index (χ0v) is 12.5. The number of nitrogens with zero attached hydrogens (tertiary/aromatic N) is 4. The summed E-state index contributed by atoms with van der Waals surface area (Å²) in [6.45, 7) is 0.534. The number of sulfonamides is 1. The molecular weight excluding hydrogens is 288 g/mol. The average Bonchev–Trinajstić information content (AvgIpc) is 2.98. The lowest BCUT2D eigenvalue weighted by Crippen LogP contribution is -2.30. The second-order valence-corrected chi connectivity index (χ2v) is 7.00. The third-order valence-corrected chi connectivity index (χ3v) is 4.90. The van der Waals surface area contributed by atoms with Crippen molar-refractivity contribution in [3.05, 3.63) is 42.6 Å². The largest absolute Gasteiger partial charge is 0.264 e. The first-order valence-corrected chi connectivity index (χ1v) is 8.60. The van der Waals surface area contributed by atoms with Crippen LogP contribution in [0.4, 0.5) is 0 Å². The second kappa shape index (κ2) is 5.50. The van der Waals surface area contributed by atoms with E-state index >= 15 is 0 Å². The molecule has 0 radical (unpaired) electrons. The summed E-state index contributed by atoms with van der Waals surface area (Å²) in [6, 6.07) is 3.49. The summed E-state index contributed by atoms with van der Waals surface area (Å²) in [6.07, 6.45) is 9.47. The summed E-state index contributed by atoms with van der Waals surface area (Å²) in [5, 5.41) is 0. The zero-order valence-electron chi connectivity index (χ0n) is 11.7. The SMILES string of the molecule is CS(=O)(=O)N1CCC[C@H]1c1nccnc1-c1cccnc1. The third-order valence-electron chi connectivity index (χ3n) is 3.61. The number of rotatable bonds is 3. The Hall–Kier alpha value is -1.86. The van der Waals surface area contributed by atoms with Gasteiger partial charge in [-0.3, -0.25) is 15.0 Å². The molecule has 0 spiro atoms. The van der Waals surface area contributed by atoms with E-state index in [9.17, 15) is 8.42 Å². The molecule has 0 N–H and O–H groups in total. The van der Waals surface area contributed by atoms with Gasteiger partial charge >= 0.3 is 0 Å². The molecule has 7 heteroatoms. The van der Waals surface area contributed by atoms with Crippen molar-refractivity contribution in [2.75, 3.05) is 12.8 Å². The molecule has 1 aliphatic rings. The molecule has 1 aliphatic heterocycles. The fourth-order valence-electron chi connectivity index (χ4n) is 2.73. The van der Waals surface area contributed by atoms with Crippen LogP contribution in [-0.4, -0.2) is 40.5 Å². The zero-order chi connectivity index (χ0) is 14.9. The van der Waals surface area contributed by atoms with Gasteiger partial charge in [0.1, 0.15) is 0 Å². The number of hydrogen-bond acceptors (Lipinski definition) is 5. The molecule has 110 valence electrons. The van der Waals surface area contributed by atoms with Gasteiger partial charge in [-0.05, 0) is 25.0 Å². The highest BCUT2D eigenvalue weighted by Gasteiger charge is 2.35. The summed E-state index contributed by atoms with van der Waals surface area (Å²) in [4.78, 5) is 12.9. The first-order valence-electron chi connectivity index (χ1n) is 6.75. The fraction of sp³-hybridized carbons (Fsp3) is 0.357. The van der Waals surface area contributed by atoms with Crippen LogP contribution in [-0.2, 0) is 10.0 Å². The quantitative estimate of drug-likeness (QED) is 0.861. The van der Waals surface area contributed by atoms with Gasteiger partial charge in [-0.25, -0.2) is 8.42 Å². The highest BCUT2D eigenvalue weighted by atomic mass is 32.2. The minimum Gasteiger partial charge on any atom is -0.264 e. The van der Waals surface area contributed by atoms with Crippen molar-refractivity contribution < 1.29 is 8.42 Å². The van der Waals surface area contributed by atoms with Gasteiger partial charge in [0.25, 0.3) is 0 Å². The minimum absolute atomic E-state index is 0.246. The predicted molar refractivity (Wildman–Crippen MR) is 78.8 cm³/mol. The Bertz CT molecular complexity index is 734. The molecule has 0 aromatic carbocycles. The molecule has 0 aliphatic carbocycles. The maximum Gasteiger partial charge on any atom is 0.211 e. The van der Waals surface area contributed by atoms with Crippen molar-refractivity contribution in [2.45, 2.75) is 18.9 Å². The predicted octanol–water partition coefficient (Wildman–Crippen LogP) is 1.64. The first kappa shape index (κ1) is 14.1. The lowest BCUT2D eigenvalue weighted by molar-refractivity contribution is 0.394. The molecule has 1 fully saturated rings. The summed E-state index contributed by atoms with van der Waals surface area (Å²) in [5.41, 5.74) is 2.25. The second-order valence-electron chi connectivity index (χ2n) is 5.06. The van der Waals surface area contributed by atoms with Crippen LogP contribution in [0.25, 0.3) is 11.3 Å². The minimum atomic E-state index is -3.25. The normalized spacial score (nSPS) is 19.8. The smallest absolute Gasteiger partial charge is 0.211 e. The van der Waals surface area contributed by atoms with Gasteiger partial charge in [0.05, 0.1) is 23.7 Å². The van der Waals surface area contributed by atoms with Crippen LogP contribution < -0.4 is 0 Å². The monoisotopic (exact) mass is 304 g/mol. The van der Waals surface area contributed by atoms with Crippen LogP contribution >= 0.6 is 0 Å². The van der Waals surface area contributed by atoms with Crippen LogP contribution in [0, 0.1) is 0 Å². The van der Waals surface area contributed by atoms with E-state index in [2.05, 4.69) is 15.0 Å². The highest BCUT2D eigenvalue weighted by Crippen LogP contribution is 2.36. The molecule has 0 unspecified atom stereocenters. The number of aromatic nitrogens is 3. The van der Waals surface area contributed by atoms with Crippen molar-refractivity contribution in [1.82, 2.24) is 19.3 Å². The van der Waals surface area contributed by atoms with Crippen molar-refractivity contribution in [3.8, 4) is 11.3 Å². The molecule has 0 amide bonds. The average molecular weight is 304 g/mol. The summed E-state index contributed by atoms with van der Waals surface area (Å²) >= 11 is 0. The van der Waals surface area contributed by atoms with Crippen molar-refractivity contribution >= 4 is 10.0 Å². The maximum atomic E-state index is 11.9. The van der Waals surface area contributed by atoms with Crippen LogP contribution in [0.1, 0.15) is 24.6 Å². The molecule has 0 bridgehead atoms. The molecule has 2 aromatic rings. The van der Waals surface area contributed by atoms with E-state index in [1.165, 1.54) is 10.6 Å². The van der Waals surface area contributed by atoms with Gasteiger partial charge in [0, 0.05) is 36.9 Å². The van der Waals surface area contributed by atoms with Crippen molar-refractivity contribution in [2.24, 2.45) is 0 Å². The standard InChI is InChI=1S/C14H16N4O2S/c1-21(19,20)18-9-3-5-12(18)14-13(16-7-8-17-14)11-4-2-6-15-10-11/h2,4,6-8,10,12H,3,5,9H2,1H3/t12-/m0/s1. The van der Waals surface area contributed by atoms with E-state index in [-0.39, 0.29) is 6.04 Å². The van der Waals surface area contributed by atoms with Crippen LogP contribution in [0.3, 0.4) is 0 Å². The van der Waals surface area contributed by atoms with E-state index in [1.54, 1.807) is 24.8 Å². The van der Waals surface area contributed by atoms with Crippen LogP contribution in [0.15, 0.2) is 36.9 Å². The molecule has 21 heavy (non-hydrogen) atoms. The molecular formula is C14H16N4O2S.